The lowest BCUT2D eigenvalue weighted by atomic mass is 9.60. The molecule has 1 spiro atoms. The van der Waals surface area contributed by atoms with Crippen molar-refractivity contribution in [1.29, 1.82) is 0 Å². The van der Waals surface area contributed by atoms with E-state index in [0.717, 1.165) is 0 Å². The van der Waals surface area contributed by atoms with Crippen molar-refractivity contribution in [3.63, 3.8) is 0 Å². The molecule has 1 heterocycles. The molecule has 2 nitrogen and oxygen atoms in total. The van der Waals surface area contributed by atoms with E-state index < -0.39 is 0 Å². The van der Waals surface area contributed by atoms with Crippen molar-refractivity contribution < 1.29 is 0 Å². The highest BCUT2D eigenvalue weighted by Gasteiger charge is 2.44. The standard InChI is InChI=1S/C19H38N2.2ClH/c1-4-7-18(8-5-2)9-11-19(12-10-18)13-16-21(17-19)15-6-14-20-3;;/h20H,4-17H2,1-3H3;2*1H. The molecule has 0 atom stereocenters. The van der Waals surface area contributed by atoms with E-state index in [1.165, 1.54) is 90.4 Å². The predicted molar refractivity (Wildman–Crippen MR) is 107 cm³/mol. The lowest BCUT2D eigenvalue weighted by Crippen LogP contribution is -2.36. The maximum Gasteiger partial charge on any atom is 0.00385 e. The number of nitrogens with zero attached hydrogens (tertiary/aromatic N) is 1. The molecule has 23 heavy (non-hydrogen) atoms. The molecule has 0 aromatic rings. The van der Waals surface area contributed by atoms with Crippen LogP contribution >= 0.6 is 24.8 Å². The highest BCUT2D eigenvalue weighted by molar-refractivity contribution is 5.85. The minimum absolute atomic E-state index is 0. The smallest absolute Gasteiger partial charge is 0.00385 e. The van der Waals surface area contributed by atoms with E-state index >= 15 is 0 Å². The quantitative estimate of drug-likeness (QED) is 0.586. The van der Waals surface area contributed by atoms with Crippen molar-refractivity contribution in [2.75, 3.05) is 33.2 Å². The van der Waals surface area contributed by atoms with Crippen molar-refractivity contribution in [3.8, 4) is 0 Å². The minimum atomic E-state index is 0. The Bertz CT molecular complexity index is 294. The van der Waals surface area contributed by atoms with Gasteiger partial charge in [-0.05, 0) is 88.9 Å². The Kier molecular flexibility index (Phi) is 11.4. The van der Waals surface area contributed by atoms with Crippen LogP contribution in [0.25, 0.3) is 0 Å². The number of likely N-dealkylation sites (tertiary alicyclic amines) is 1. The average molecular weight is 367 g/mol. The van der Waals surface area contributed by atoms with Gasteiger partial charge >= 0.3 is 0 Å². The third-order valence-corrected chi connectivity index (χ3v) is 6.35. The van der Waals surface area contributed by atoms with Crippen LogP contribution in [0.15, 0.2) is 0 Å². The predicted octanol–water partition coefficient (Wildman–Crippen LogP) is 5.29. The van der Waals surface area contributed by atoms with Crippen LogP contribution in [-0.4, -0.2) is 38.1 Å². The molecule has 0 amide bonds. The van der Waals surface area contributed by atoms with Crippen molar-refractivity contribution in [2.24, 2.45) is 10.8 Å². The highest BCUT2D eigenvalue weighted by atomic mass is 35.5. The summed E-state index contributed by atoms with van der Waals surface area (Å²) in [5, 5.41) is 3.27. The minimum Gasteiger partial charge on any atom is -0.320 e. The van der Waals surface area contributed by atoms with Crippen molar-refractivity contribution in [3.05, 3.63) is 0 Å². The van der Waals surface area contributed by atoms with Gasteiger partial charge in [0.15, 0.2) is 0 Å². The van der Waals surface area contributed by atoms with E-state index in [1.807, 2.05) is 0 Å². The van der Waals surface area contributed by atoms with E-state index in [-0.39, 0.29) is 24.8 Å². The summed E-state index contributed by atoms with van der Waals surface area (Å²) in [5.74, 6) is 0. The Morgan fingerprint density at radius 1 is 0.913 bits per heavy atom. The van der Waals surface area contributed by atoms with Crippen LogP contribution in [0.2, 0.25) is 0 Å². The molecule has 4 heteroatoms. The molecule has 0 unspecified atom stereocenters. The number of halogens is 2. The van der Waals surface area contributed by atoms with E-state index in [9.17, 15) is 0 Å². The van der Waals surface area contributed by atoms with Crippen LogP contribution in [0.3, 0.4) is 0 Å². The first-order chi connectivity index (χ1) is 10.2. The summed E-state index contributed by atoms with van der Waals surface area (Å²) >= 11 is 0. The van der Waals surface area contributed by atoms with Crippen molar-refractivity contribution in [2.45, 2.75) is 78.1 Å². The van der Waals surface area contributed by atoms with Crippen molar-refractivity contribution >= 4 is 24.8 Å². The van der Waals surface area contributed by atoms with E-state index in [2.05, 4.69) is 31.1 Å². The molecule has 1 N–H and O–H groups in total. The zero-order chi connectivity index (χ0) is 15.2. The van der Waals surface area contributed by atoms with Crippen LogP contribution in [-0.2, 0) is 0 Å². The van der Waals surface area contributed by atoms with E-state index in [4.69, 9.17) is 0 Å². The first-order valence-electron chi connectivity index (χ1n) is 9.54. The molecule has 1 aliphatic heterocycles. The van der Waals surface area contributed by atoms with Crippen molar-refractivity contribution in [1.82, 2.24) is 10.2 Å². The number of hydrogen-bond donors (Lipinski definition) is 1. The van der Waals surface area contributed by atoms with Crippen LogP contribution in [0.5, 0.6) is 0 Å². The Balaban J connectivity index is 0.00000242. The molecule has 2 aliphatic rings. The molecule has 2 fully saturated rings. The van der Waals surface area contributed by atoms with Gasteiger partial charge in [0.05, 0.1) is 0 Å². The second-order valence-corrected chi connectivity index (χ2v) is 7.98. The molecule has 2 rings (SSSR count). The van der Waals surface area contributed by atoms with E-state index in [0.29, 0.717) is 10.8 Å². The molecule has 0 aromatic carbocycles. The lowest BCUT2D eigenvalue weighted by Gasteiger charge is -2.45. The monoisotopic (exact) mass is 366 g/mol. The SMILES string of the molecule is CCCC1(CCC)CCC2(CCN(CCCNC)C2)CC1.Cl.Cl. The normalized spacial score (nSPS) is 22.6. The average Bonchev–Trinajstić information content (AvgIpc) is 2.87. The number of nitrogens with one attached hydrogen (secondary N) is 1. The summed E-state index contributed by atoms with van der Waals surface area (Å²) in [6.07, 6.45) is 14.5. The summed E-state index contributed by atoms with van der Waals surface area (Å²) in [6, 6.07) is 0. The van der Waals surface area contributed by atoms with Gasteiger partial charge in [0, 0.05) is 6.54 Å². The number of rotatable bonds is 8. The van der Waals surface area contributed by atoms with Crippen LogP contribution in [0, 0.1) is 10.8 Å². The second kappa shape index (κ2) is 11.2. The molecule has 0 bridgehead atoms. The summed E-state index contributed by atoms with van der Waals surface area (Å²) in [5.41, 5.74) is 1.42. The van der Waals surface area contributed by atoms with Crippen LogP contribution in [0.1, 0.15) is 78.1 Å². The maximum absolute atomic E-state index is 3.27. The molecular weight excluding hydrogens is 327 g/mol. The summed E-state index contributed by atoms with van der Waals surface area (Å²) in [7, 11) is 2.06. The third kappa shape index (κ3) is 6.38. The molecular formula is C19H40Cl2N2. The molecule has 0 radical (unpaired) electrons. The van der Waals surface area contributed by atoms with Gasteiger partial charge in [-0.25, -0.2) is 0 Å². The zero-order valence-electron chi connectivity index (χ0n) is 15.7. The lowest BCUT2D eigenvalue weighted by molar-refractivity contribution is 0.0647. The fourth-order valence-electron chi connectivity index (χ4n) is 5.10. The largest absolute Gasteiger partial charge is 0.320 e. The Morgan fingerprint density at radius 2 is 1.52 bits per heavy atom. The highest BCUT2D eigenvalue weighted by Crippen LogP contribution is 2.53. The third-order valence-electron chi connectivity index (χ3n) is 6.35. The Hall–Kier alpha value is 0.500. The molecule has 1 aliphatic carbocycles. The summed E-state index contributed by atoms with van der Waals surface area (Å²) in [4.78, 5) is 2.74. The second-order valence-electron chi connectivity index (χ2n) is 7.98. The van der Waals surface area contributed by atoms with Gasteiger partial charge in [-0.1, -0.05) is 26.7 Å². The van der Waals surface area contributed by atoms with Gasteiger partial charge in [-0.15, -0.1) is 24.8 Å². The zero-order valence-corrected chi connectivity index (χ0v) is 17.3. The molecule has 1 saturated heterocycles. The van der Waals surface area contributed by atoms with Gasteiger partial charge < -0.3 is 10.2 Å². The summed E-state index contributed by atoms with van der Waals surface area (Å²) < 4.78 is 0. The Labute approximate surface area is 157 Å². The molecule has 0 aromatic heterocycles. The van der Waals surface area contributed by atoms with Gasteiger partial charge in [0.1, 0.15) is 0 Å². The van der Waals surface area contributed by atoms with E-state index in [1.54, 1.807) is 0 Å². The summed E-state index contributed by atoms with van der Waals surface area (Å²) in [6.45, 7) is 9.97. The first kappa shape index (κ1) is 23.5. The first-order valence-corrected chi connectivity index (χ1v) is 9.54. The topological polar surface area (TPSA) is 15.3 Å². The fourth-order valence-corrected chi connectivity index (χ4v) is 5.10. The molecule has 140 valence electrons. The van der Waals surface area contributed by atoms with Gasteiger partial charge in [-0.3, -0.25) is 0 Å². The maximum atomic E-state index is 3.27. The Morgan fingerprint density at radius 3 is 2.04 bits per heavy atom. The fraction of sp³-hybridized carbons (Fsp3) is 1.00. The van der Waals surface area contributed by atoms with Gasteiger partial charge in [0.2, 0.25) is 0 Å². The van der Waals surface area contributed by atoms with Crippen LogP contribution < -0.4 is 5.32 Å². The number of hydrogen-bond acceptors (Lipinski definition) is 2. The van der Waals surface area contributed by atoms with Gasteiger partial charge in [-0.2, -0.15) is 0 Å². The molecule has 1 saturated carbocycles. The van der Waals surface area contributed by atoms with Gasteiger partial charge in [0.25, 0.3) is 0 Å². The van der Waals surface area contributed by atoms with Crippen LogP contribution in [0.4, 0.5) is 0 Å².